The lowest BCUT2D eigenvalue weighted by atomic mass is 10.1. The molecule has 1 amide bonds. The third-order valence-corrected chi connectivity index (χ3v) is 3.44. The first-order chi connectivity index (χ1) is 8.72. The molecule has 1 aliphatic heterocycles. The Morgan fingerprint density at radius 3 is 2.94 bits per heavy atom. The summed E-state index contributed by atoms with van der Waals surface area (Å²) in [4.78, 5) is 13.0. The van der Waals surface area contributed by atoms with Crippen LogP contribution in [0.1, 0.15) is 25.2 Å². The summed E-state index contributed by atoms with van der Waals surface area (Å²) in [5, 5.41) is 11.3. The van der Waals surface area contributed by atoms with E-state index in [0.29, 0.717) is 31.0 Å². The van der Waals surface area contributed by atoms with Crippen LogP contribution in [0.3, 0.4) is 0 Å². The van der Waals surface area contributed by atoms with Crippen LogP contribution in [0.15, 0.2) is 4.42 Å². The van der Waals surface area contributed by atoms with Crippen LogP contribution in [0.25, 0.3) is 0 Å². The molecule has 1 saturated heterocycles. The molecule has 1 saturated carbocycles. The lowest BCUT2D eigenvalue weighted by Gasteiger charge is -2.11. The van der Waals surface area contributed by atoms with Gasteiger partial charge in [-0.05, 0) is 19.3 Å². The third-order valence-electron chi connectivity index (χ3n) is 3.44. The van der Waals surface area contributed by atoms with Crippen molar-refractivity contribution in [3.05, 3.63) is 5.89 Å². The minimum Gasteiger partial charge on any atom is -0.407 e. The van der Waals surface area contributed by atoms with Crippen molar-refractivity contribution in [3.63, 3.8) is 0 Å². The lowest BCUT2D eigenvalue weighted by Crippen LogP contribution is -2.27. The van der Waals surface area contributed by atoms with Crippen LogP contribution in [0.5, 0.6) is 0 Å². The summed E-state index contributed by atoms with van der Waals surface area (Å²) in [6, 6.07) is 1.11. The van der Waals surface area contributed by atoms with Gasteiger partial charge in [0.05, 0.1) is 12.5 Å². The zero-order valence-electron chi connectivity index (χ0n) is 10.1. The van der Waals surface area contributed by atoms with E-state index < -0.39 is 0 Å². The summed E-state index contributed by atoms with van der Waals surface area (Å²) in [6.45, 7) is 1.93. The second kappa shape index (κ2) is 4.56. The fraction of sp³-hybridized carbons (Fsp3) is 0.727. The highest BCUT2D eigenvalue weighted by Crippen LogP contribution is 2.23. The number of primary amides is 1. The van der Waals surface area contributed by atoms with Gasteiger partial charge in [-0.25, -0.2) is 0 Å². The molecule has 1 aromatic heterocycles. The highest BCUT2D eigenvalue weighted by atomic mass is 16.4. The summed E-state index contributed by atoms with van der Waals surface area (Å²) >= 11 is 0. The Morgan fingerprint density at radius 1 is 1.44 bits per heavy atom. The number of nitrogens with zero attached hydrogens (tertiary/aromatic N) is 3. The molecular weight excluding hydrogens is 234 g/mol. The van der Waals surface area contributed by atoms with Crippen LogP contribution in [-0.2, 0) is 11.3 Å². The van der Waals surface area contributed by atoms with Gasteiger partial charge in [-0.1, -0.05) is 5.10 Å². The minimum absolute atomic E-state index is 0.107. The SMILES string of the molecule is NC(=O)C1CCN(c2nnc(CNC3CC3)o2)C1. The van der Waals surface area contributed by atoms with Crippen LogP contribution in [-0.4, -0.2) is 35.2 Å². The number of carbonyl (C=O) groups is 1. The molecule has 0 radical (unpaired) electrons. The second-order valence-corrected chi connectivity index (χ2v) is 4.97. The van der Waals surface area contributed by atoms with E-state index in [1.54, 1.807) is 0 Å². The van der Waals surface area contributed by atoms with E-state index in [-0.39, 0.29) is 11.8 Å². The number of carbonyl (C=O) groups excluding carboxylic acids is 1. The van der Waals surface area contributed by atoms with Crippen molar-refractivity contribution in [1.29, 1.82) is 0 Å². The Kier molecular flexibility index (Phi) is 2.91. The summed E-state index contributed by atoms with van der Waals surface area (Å²) in [5.74, 6) is 0.233. The molecule has 0 aromatic carbocycles. The number of anilines is 1. The van der Waals surface area contributed by atoms with Gasteiger partial charge in [0, 0.05) is 19.1 Å². The van der Waals surface area contributed by atoms with Crippen molar-refractivity contribution in [3.8, 4) is 0 Å². The van der Waals surface area contributed by atoms with E-state index in [2.05, 4.69) is 15.5 Å². The number of hydrogen-bond acceptors (Lipinski definition) is 6. The molecule has 1 aromatic rings. The number of nitrogens with two attached hydrogens (primary N) is 1. The molecule has 0 spiro atoms. The summed E-state index contributed by atoms with van der Waals surface area (Å²) in [7, 11) is 0. The van der Waals surface area contributed by atoms with Crippen molar-refractivity contribution in [2.45, 2.75) is 31.8 Å². The molecule has 1 unspecified atom stereocenters. The van der Waals surface area contributed by atoms with Crippen LogP contribution < -0.4 is 16.0 Å². The Balaban J connectivity index is 1.57. The van der Waals surface area contributed by atoms with E-state index in [0.717, 1.165) is 13.0 Å². The largest absolute Gasteiger partial charge is 0.407 e. The van der Waals surface area contributed by atoms with E-state index >= 15 is 0 Å². The minimum atomic E-state index is -0.257. The normalized spacial score (nSPS) is 23.6. The average Bonchev–Trinajstić information content (AvgIpc) is 2.88. The Hall–Kier alpha value is -1.63. The van der Waals surface area contributed by atoms with Crippen LogP contribution in [0.4, 0.5) is 6.01 Å². The Morgan fingerprint density at radius 2 is 2.28 bits per heavy atom. The topological polar surface area (TPSA) is 97.3 Å². The first-order valence-corrected chi connectivity index (χ1v) is 6.32. The average molecular weight is 251 g/mol. The summed E-state index contributed by atoms with van der Waals surface area (Å²) < 4.78 is 5.56. The van der Waals surface area contributed by atoms with Gasteiger partial charge in [-0.3, -0.25) is 4.79 Å². The second-order valence-electron chi connectivity index (χ2n) is 4.97. The van der Waals surface area contributed by atoms with E-state index in [1.807, 2.05) is 4.90 Å². The summed E-state index contributed by atoms with van der Waals surface area (Å²) in [5.41, 5.74) is 5.29. The maximum Gasteiger partial charge on any atom is 0.318 e. The zero-order valence-corrected chi connectivity index (χ0v) is 10.1. The predicted molar refractivity (Wildman–Crippen MR) is 63.7 cm³/mol. The van der Waals surface area contributed by atoms with Gasteiger partial charge in [0.25, 0.3) is 0 Å². The highest BCUT2D eigenvalue weighted by molar-refractivity contribution is 5.77. The number of nitrogens with one attached hydrogen (secondary N) is 1. The molecule has 98 valence electrons. The molecular formula is C11H17N5O2. The van der Waals surface area contributed by atoms with Gasteiger partial charge in [0.2, 0.25) is 11.8 Å². The zero-order chi connectivity index (χ0) is 12.5. The number of hydrogen-bond donors (Lipinski definition) is 2. The number of rotatable bonds is 5. The molecule has 2 aliphatic rings. The van der Waals surface area contributed by atoms with E-state index in [9.17, 15) is 4.79 Å². The monoisotopic (exact) mass is 251 g/mol. The molecule has 3 N–H and O–H groups in total. The maximum atomic E-state index is 11.1. The highest BCUT2D eigenvalue weighted by Gasteiger charge is 2.29. The van der Waals surface area contributed by atoms with Crippen molar-refractivity contribution >= 4 is 11.9 Å². The van der Waals surface area contributed by atoms with Gasteiger partial charge in [0.1, 0.15) is 0 Å². The van der Waals surface area contributed by atoms with Gasteiger partial charge in [0.15, 0.2) is 0 Å². The molecule has 2 fully saturated rings. The number of aromatic nitrogens is 2. The molecule has 1 aliphatic carbocycles. The van der Waals surface area contributed by atoms with Crippen molar-refractivity contribution in [2.24, 2.45) is 11.7 Å². The van der Waals surface area contributed by atoms with Gasteiger partial charge in [-0.15, -0.1) is 5.10 Å². The van der Waals surface area contributed by atoms with Gasteiger partial charge >= 0.3 is 6.01 Å². The first kappa shape index (κ1) is 11.5. The molecule has 7 nitrogen and oxygen atoms in total. The van der Waals surface area contributed by atoms with Gasteiger partial charge < -0.3 is 20.4 Å². The van der Waals surface area contributed by atoms with Crippen molar-refractivity contribution in [2.75, 3.05) is 18.0 Å². The Bertz CT molecular complexity index is 442. The number of amides is 1. The standard InChI is InChI=1S/C11H17N5O2/c12-10(17)7-3-4-16(6-7)11-15-14-9(18-11)5-13-8-1-2-8/h7-8,13H,1-6H2,(H2,12,17). The van der Waals surface area contributed by atoms with E-state index in [1.165, 1.54) is 12.8 Å². The van der Waals surface area contributed by atoms with Crippen LogP contribution in [0, 0.1) is 5.92 Å². The third kappa shape index (κ3) is 2.45. The molecule has 7 heteroatoms. The Labute approximate surface area is 105 Å². The quantitative estimate of drug-likeness (QED) is 0.741. The fourth-order valence-corrected chi connectivity index (χ4v) is 2.13. The lowest BCUT2D eigenvalue weighted by molar-refractivity contribution is -0.121. The molecule has 1 atom stereocenters. The maximum absolute atomic E-state index is 11.1. The van der Waals surface area contributed by atoms with Crippen LogP contribution in [0.2, 0.25) is 0 Å². The molecule has 3 rings (SSSR count). The van der Waals surface area contributed by atoms with Crippen molar-refractivity contribution < 1.29 is 9.21 Å². The molecule has 0 bridgehead atoms. The summed E-state index contributed by atoms with van der Waals surface area (Å²) in [6.07, 6.45) is 3.22. The fourth-order valence-electron chi connectivity index (χ4n) is 2.13. The predicted octanol–water partition coefficient (Wildman–Crippen LogP) is -0.367. The smallest absolute Gasteiger partial charge is 0.318 e. The molecule has 2 heterocycles. The van der Waals surface area contributed by atoms with E-state index in [4.69, 9.17) is 10.2 Å². The first-order valence-electron chi connectivity index (χ1n) is 6.32. The van der Waals surface area contributed by atoms with Gasteiger partial charge in [-0.2, -0.15) is 0 Å². The van der Waals surface area contributed by atoms with Crippen molar-refractivity contribution in [1.82, 2.24) is 15.5 Å². The molecule has 18 heavy (non-hydrogen) atoms. The van der Waals surface area contributed by atoms with Crippen LogP contribution >= 0.6 is 0 Å².